The predicted molar refractivity (Wildman–Crippen MR) is 70.4 cm³/mol. The van der Waals surface area contributed by atoms with Gasteiger partial charge >= 0.3 is 5.97 Å². The van der Waals surface area contributed by atoms with Crippen molar-refractivity contribution in [2.75, 3.05) is 11.4 Å². The normalized spacial score (nSPS) is 22.5. The van der Waals surface area contributed by atoms with E-state index in [0.717, 1.165) is 12.0 Å². The molecule has 1 heterocycles. The van der Waals surface area contributed by atoms with Gasteiger partial charge in [-0.05, 0) is 30.9 Å². The Morgan fingerprint density at radius 1 is 1.47 bits per heavy atom. The first-order valence-corrected chi connectivity index (χ1v) is 6.15. The molecule has 19 heavy (non-hydrogen) atoms. The van der Waals surface area contributed by atoms with Crippen LogP contribution in [-0.4, -0.2) is 28.6 Å². The van der Waals surface area contributed by atoms with Crippen molar-refractivity contribution in [3.05, 3.63) is 33.9 Å². The molecule has 102 valence electrons. The summed E-state index contributed by atoms with van der Waals surface area (Å²) in [5.74, 6) is -0.841. The zero-order valence-corrected chi connectivity index (χ0v) is 10.9. The molecular formula is C13H16N2O4. The van der Waals surface area contributed by atoms with E-state index in [1.54, 1.807) is 17.9 Å². The van der Waals surface area contributed by atoms with Crippen LogP contribution in [0.3, 0.4) is 0 Å². The fourth-order valence-electron chi connectivity index (χ4n) is 2.63. The van der Waals surface area contributed by atoms with Crippen molar-refractivity contribution >= 4 is 17.3 Å². The van der Waals surface area contributed by atoms with E-state index in [1.165, 1.54) is 12.1 Å². The van der Waals surface area contributed by atoms with Crippen LogP contribution in [-0.2, 0) is 4.79 Å². The van der Waals surface area contributed by atoms with Gasteiger partial charge in [-0.15, -0.1) is 0 Å². The van der Waals surface area contributed by atoms with Crippen LogP contribution in [0.5, 0.6) is 0 Å². The molecular weight excluding hydrogens is 248 g/mol. The molecule has 2 unspecified atom stereocenters. The van der Waals surface area contributed by atoms with Crippen molar-refractivity contribution < 1.29 is 14.8 Å². The Kier molecular flexibility index (Phi) is 3.42. The van der Waals surface area contributed by atoms with Gasteiger partial charge in [0.25, 0.3) is 5.69 Å². The Balaban J connectivity index is 2.41. The van der Waals surface area contributed by atoms with Gasteiger partial charge in [-0.3, -0.25) is 10.1 Å². The molecule has 0 bridgehead atoms. The number of carboxylic acid groups (broad SMARTS) is 1. The van der Waals surface area contributed by atoms with Crippen molar-refractivity contribution in [1.82, 2.24) is 0 Å². The van der Waals surface area contributed by atoms with Gasteiger partial charge in [0.1, 0.15) is 6.04 Å². The number of rotatable bonds is 3. The highest BCUT2D eigenvalue weighted by molar-refractivity contribution is 5.80. The average molecular weight is 264 g/mol. The van der Waals surface area contributed by atoms with E-state index in [1.807, 2.05) is 6.92 Å². The molecule has 0 aromatic heterocycles. The lowest BCUT2D eigenvalue weighted by molar-refractivity contribution is -0.384. The van der Waals surface area contributed by atoms with Crippen molar-refractivity contribution in [3.8, 4) is 0 Å². The van der Waals surface area contributed by atoms with E-state index in [0.29, 0.717) is 12.2 Å². The van der Waals surface area contributed by atoms with Crippen LogP contribution in [0.4, 0.5) is 11.4 Å². The lowest BCUT2D eigenvalue weighted by Crippen LogP contribution is -2.39. The number of non-ortho nitro benzene ring substituents is 1. The average Bonchev–Trinajstić information content (AvgIpc) is 2.70. The smallest absolute Gasteiger partial charge is 0.326 e. The molecule has 1 saturated heterocycles. The van der Waals surface area contributed by atoms with Crippen LogP contribution >= 0.6 is 0 Å². The molecule has 0 spiro atoms. The van der Waals surface area contributed by atoms with Crippen molar-refractivity contribution in [3.63, 3.8) is 0 Å². The van der Waals surface area contributed by atoms with Crippen LogP contribution in [0, 0.1) is 23.0 Å². The Morgan fingerprint density at radius 2 is 2.16 bits per heavy atom. The highest BCUT2D eigenvalue weighted by Crippen LogP contribution is 2.32. The molecule has 0 saturated carbocycles. The van der Waals surface area contributed by atoms with Gasteiger partial charge in [0.15, 0.2) is 0 Å². The van der Waals surface area contributed by atoms with Crippen molar-refractivity contribution in [1.29, 1.82) is 0 Å². The van der Waals surface area contributed by atoms with E-state index in [-0.39, 0.29) is 11.6 Å². The molecule has 1 aliphatic heterocycles. The summed E-state index contributed by atoms with van der Waals surface area (Å²) in [4.78, 5) is 23.5. The number of hydrogen-bond donors (Lipinski definition) is 1. The SMILES string of the molecule is Cc1cc(N2CCC(C)C2C(=O)O)cc([N+](=O)[O-])c1. The standard InChI is InChI=1S/C13H16N2O4/c1-8-5-10(7-11(6-8)15(18)19)14-4-3-9(2)12(14)13(16)17/h5-7,9,12H,3-4H2,1-2H3,(H,16,17). The minimum atomic E-state index is -0.880. The topological polar surface area (TPSA) is 83.7 Å². The second-order valence-corrected chi connectivity index (χ2v) is 5.03. The van der Waals surface area contributed by atoms with Gasteiger partial charge < -0.3 is 10.0 Å². The molecule has 0 aliphatic carbocycles. The number of benzene rings is 1. The number of anilines is 1. The van der Waals surface area contributed by atoms with Gasteiger partial charge in [0.05, 0.1) is 4.92 Å². The summed E-state index contributed by atoms with van der Waals surface area (Å²) < 4.78 is 0. The number of nitro benzene ring substituents is 1. The van der Waals surface area contributed by atoms with Crippen LogP contribution in [0.1, 0.15) is 18.9 Å². The molecule has 2 atom stereocenters. The number of aliphatic carboxylic acids is 1. The highest BCUT2D eigenvalue weighted by atomic mass is 16.6. The summed E-state index contributed by atoms with van der Waals surface area (Å²) in [6, 6.07) is 4.11. The van der Waals surface area contributed by atoms with Crippen LogP contribution < -0.4 is 4.90 Å². The minimum absolute atomic E-state index is 0.00121. The quantitative estimate of drug-likeness (QED) is 0.668. The molecule has 1 fully saturated rings. The van der Waals surface area contributed by atoms with E-state index in [9.17, 15) is 20.0 Å². The van der Waals surface area contributed by atoms with Gasteiger partial charge in [-0.2, -0.15) is 0 Å². The Bertz CT molecular complexity index is 529. The van der Waals surface area contributed by atoms with E-state index in [2.05, 4.69) is 0 Å². The monoisotopic (exact) mass is 264 g/mol. The van der Waals surface area contributed by atoms with E-state index in [4.69, 9.17) is 0 Å². The summed E-state index contributed by atoms with van der Waals surface area (Å²) in [6.45, 7) is 4.27. The maximum atomic E-state index is 11.3. The molecule has 0 amide bonds. The Labute approximate surface area is 110 Å². The number of aryl methyl sites for hydroxylation is 1. The Morgan fingerprint density at radius 3 is 2.74 bits per heavy atom. The first-order chi connectivity index (χ1) is 8.90. The lowest BCUT2D eigenvalue weighted by atomic mass is 10.0. The molecule has 6 nitrogen and oxygen atoms in total. The number of carboxylic acids is 1. The maximum Gasteiger partial charge on any atom is 0.326 e. The third-order valence-electron chi connectivity index (χ3n) is 3.54. The van der Waals surface area contributed by atoms with E-state index >= 15 is 0 Å². The first kappa shape index (κ1) is 13.3. The zero-order valence-electron chi connectivity index (χ0n) is 10.9. The Hall–Kier alpha value is -2.11. The minimum Gasteiger partial charge on any atom is -0.480 e. The zero-order chi connectivity index (χ0) is 14.2. The number of hydrogen-bond acceptors (Lipinski definition) is 4. The summed E-state index contributed by atoms with van der Waals surface area (Å²) in [6.07, 6.45) is 0.776. The van der Waals surface area contributed by atoms with Gasteiger partial charge in [-0.1, -0.05) is 6.92 Å². The van der Waals surface area contributed by atoms with Crippen LogP contribution in [0.25, 0.3) is 0 Å². The van der Waals surface area contributed by atoms with Gasteiger partial charge in [0.2, 0.25) is 0 Å². The number of nitrogens with zero attached hydrogens (tertiary/aromatic N) is 2. The summed E-state index contributed by atoms with van der Waals surface area (Å²) in [5.41, 5.74) is 1.37. The molecule has 6 heteroatoms. The molecule has 1 aromatic carbocycles. The van der Waals surface area contributed by atoms with Crippen LogP contribution in [0.2, 0.25) is 0 Å². The second-order valence-electron chi connectivity index (χ2n) is 5.03. The van der Waals surface area contributed by atoms with Crippen LogP contribution in [0.15, 0.2) is 18.2 Å². The van der Waals surface area contributed by atoms with Gasteiger partial charge in [0, 0.05) is 24.4 Å². The molecule has 0 radical (unpaired) electrons. The first-order valence-electron chi connectivity index (χ1n) is 6.15. The summed E-state index contributed by atoms with van der Waals surface area (Å²) >= 11 is 0. The van der Waals surface area contributed by atoms with Gasteiger partial charge in [-0.25, -0.2) is 4.79 Å². The predicted octanol–water partition coefficient (Wildman–Crippen LogP) is 2.20. The van der Waals surface area contributed by atoms with E-state index < -0.39 is 16.9 Å². The molecule has 1 aliphatic rings. The lowest BCUT2D eigenvalue weighted by Gasteiger charge is -2.25. The van der Waals surface area contributed by atoms with Crippen molar-refractivity contribution in [2.45, 2.75) is 26.3 Å². The third-order valence-corrected chi connectivity index (χ3v) is 3.54. The van der Waals surface area contributed by atoms with Crippen molar-refractivity contribution in [2.24, 2.45) is 5.92 Å². The fourth-order valence-corrected chi connectivity index (χ4v) is 2.63. The fraction of sp³-hybridized carbons (Fsp3) is 0.462. The molecule has 2 rings (SSSR count). The third kappa shape index (κ3) is 2.52. The molecule has 1 N–H and O–H groups in total. The summed E-state index contributed by atoms with van der Waals surface area (Å²) in [7, 11) is 0. The highest BCUT2D eigenvalue weighted by Gasteiger charge is 2.37. The largest absolute Gasteiger partial charge is 0.480 e. The second kappa shape index (κ2) is 4.87. The summed E-state index contributed by atoms with van der Waals surface area (Å²) in [5, 5.41) is 20.2. The number of nitro groups is 1. The molecule has 1 aromatic rings. The maximum absolute atomic E-state index is 11.3. The number of carbonyl (C=O) groups is 1.